The van der Waals surface area contributed by atoms with Crippen LogP contribution in [0.25, 0.3) is 33.7 Å². The lowest BCUT2D eigenvalue weighted by molar-refractivity contribution is -0.385. The minimum Gasteiger partial charge on any atom is -0.258 e. The van der Waals surface area contributed by atoms with Crippen LogP contribution in [-0.4, -0.2) is 40.7 Å². The van der Waals surface area contributed by atoms with Crippen LogP contribution in [-0.2, 0) is 0 Å². The number of aromatic nitrogens is 6. The standard InChI is InChI=1S/2C11H10N4O2/c2*1-7(2)10-11(13-14-12-10)8-3-5-9(6-4-8)15(16)17/h2*3-6H,1H2,2H3,(H,12,13,14). The van der Waals surface area contributed by atoms with Gasteiger partial charge in [-0.05, 0) is 49.3 Å². The van der Waals surface area contributed by atoms with Crippen LogP contribution in [0.3, 0.4) is 0 Å². The molecule has 172 valence electrons. The molecule has 0 aliphatic rings. The maximum atomic E-state index is 10.5. The number of rotatable bonds is 6. The van der Waals surface area contributed by atoms with Crippen LogP contribution in [0.4, 0.5) is 11.4 Å². The molecule has 4 aromatic rings. The third-order valence-electron chi connectivity index (χ3n) is 4.61. The van der Waals surface area contributed by atoms with Gasteiger partial charge in [-0.2, -0.15) is 30.8 Å². The first-order valence-electron chi connectivity index (χ1n) is 9.82. The van der Waals surface area contributed by atoms with Crippen molar-refractivity contribution in [1.82, 2.24) is 30.8 Å². The third kappa shape index (κ3) is 5.24. The van der Waals surface area contributed by atoms with Crippen LogP contribution >= 0.6 is 0 Å². The number of nitrogens with one attached hydrogen (secondary N) is 2. The van der Waals surface area contributed by atoms with Gasteiger partial charge in [-0.25, -0.2) is 0 Å². The molecule has 0 aliphatic heterocycles. The molecular formula is C22H20N8O4. The molecule has 0 radical (unpaired) electrons. The van der Waals surface area contributed by atoms with E-state index in [1.807, 2.05) is 13.8 Å². The molecule has 2 aromatic carbocycles. The van der Waals surface area contributed by atoms with Crippen molar-refractivity contribution in [1.29, 1.82) is 0 Å². The Balaban J connectivity index is 0.000000191. The molecule has 0 saturated carbocycles. The summed E-state index contributed by atoms with van der Waals surface area (Å²) in [5, 5.41) is 42.1. The van der Waals surface area contributed by atoms with Crippen LogP contribution < -0.4 is 0 Å². The van der Waals surface area contributed by atoms with E-state index in [1.54, 1.807) is 24.3 Å². The molecule has 0 unspecified atom stereocenters. The molecule has 0 saturated heterocycles. The molecule has 12 nitrogen and oxygen atoms in total. The lowest BCUT2D eigenvalue weighted by Gasteiger charge is -1.99. The average molecular weight is 460 g/mol. The second-order valence-electron chi connectivity index (χ2n) is 7.21. The van der Waals surface area contributed by atoms with Gasteiger partial charge in [0.05, 0.1) is 9.85 Å². The van der Waals surface area contributed by atoms with Gasteiger partial charge in [0.25, 0.3) is 11.4 Å². The zero-order chi connectivity index (χ0) is 24.8. The molecular weight excluding hydrogens is 440 g/mol. The average Bonchev–Trinajstić information content (AvgIpc) is 3.50. The Labute approximate surface area is 193 Å². The molecule has 0 amide bonds. The highest BCUT2D eigenvalue weighted by molar-refractivity contribution is 5.75. The van der Waals surface area contributed by atoms with Gasteiger partial charge in [-0.1, -0.05) is 13.2 Å². The zero-order valence-corrected chi connectivity index (χ0v) is 18.3. The van der Waals surface area contributed by atoms with Crippen LogP contribution in [0.5, 0.6) is 0 Å². The first-order valence-corrected chi connectivity index (χ1v) is 9.82. The Morgan fingerprint density at radius 1 is 0.676 bits per heavy atom. The highest BCUT2D eigenvalue weighted by atomic mass is 16.6. The second kappa shape index (κ2) is 10.1. The van der Waals surface area contributed by atoms with Crippen LogP contribution in [0, 0.1) is 20.2 Å². The minimum absolute atomic E-state index is 0.0501. The summed E-state index contributed by atoms with van der Waals surface area (Å²) in [6.45, 7) is 11.2. The Bertz CT molecular complexity index is 1250. The fraction of sp³-hybridized carbons (Fsp3) is 0.0909. The third-order valence-corrected chi connectivity index (χ3v) is 4.61. The second-order valence-corrected chi connectivity index (χ2v) is 7.21. The molecule has 2 aromatic heterocycles. The number of hydrogen-bond donors (Lipinski definition) is 2. The Morgan fingerprint density at radius 2 is 1.00 bits per heavy atom. The van der Waals surface area contributed by atoms with Gasteiger partial charge in [0, 0.05) is 35.4 Å². The van der Waals surface area contributed by atoms with Crippen molar-refractivity contribution in [3.8, 4) is 22.5 Å². The number of allylic oxidation sites excluding steroid dienone is 2. The molecule has 12 heteroatoms. The summed E-state index contributed by atoms with van der Waals surface area (Å²) in [6.07, 6.45) is 0. The number of benzene rings is 2. The fourth-order valence-corrected chi connectivity index (χ4v) is 2.94. The predicted molar refractivity (Wildman–Crippen MR) is 126 cm³/mol. The summed E-state index contributed by atoms with van der Waals surface area (Å²) in [4.78, 5) is 20.2. The molecule has 0 atom stereocenters. The minimum atomic E-state index is -0.438. The van der Waals surface area contributed by atoms with Crippen LogP contribution in [0.2, 0.25) is 0 Å². The van der Waals surface area contributed by atoms with E-state index in [-0.39, 0.29) is 11.4 Å². The highest BCUT2D eigenvalue weighted by Crippen LogP contribution is 2.26. The number of nitro groups is 2. The highest BCUT2D eigenvalue weighted by Gasteiger charge is 2.13. The first-order chi connectivity index (χ1) is 16.2. The molecule has 34 heavy (non-hydrogen) atoms. The number of aromatic amines is 2. The summed E-state index contributed by atoms with van der Waals surface area (Å²) in [6, 6.07) is 12.3. The first kappa shape index (κ1) is 23.7. The maximum Gasteiger partial charge on any atom is 0.269 e. The van der Waals surface area contributed by atoms with Crippen molar-refractivity contribution >= 4 is 22.5 Å². The smallest absolute Gasteiger partial charge is 0.258 e. The number of H-pyrrole nitrogens is 2. The van der Waals surface area contributed by atoms with Gasteiger partial charge in [0.2, 0.25) is 0 Å². The van der Waals surface area contributed by atoms with Gasteiger partial charge >= 0.3 is 0 Å². The molecule has 0 bridgehead atoms. The zero-order valence-electron chi connectivity index (χ0n) is 18.3. The lowest BCUT2D eigenvalue weighted by Crippen LogP contribution is -1.89. The number of nitro benzene ring substituents is 2. The maximum absolute atomic E-state index is 10.5. The van der Waals surface area contributed by atoms with Crippen molar-refractivity contribution in [2.24, 2.45) is 0 Å². The van der Waals surface area contributed by atoms with Crippen LogP contribution in [0.15, 0.2) is 61.7 Å². The van der Waals surface area contributed by atoms with Gasteiger partial charge in [0.15, 0.2) is 0 Å². The van der Waals surface area contributed by atoms with E-state index in [4.69, 9.17) is 0 Å². The number of non-ortho nitro benzene ring substituents is 2. The molecule has 2 N–H and O–H groups in total. The van der Waals surface area contributed by atoms with Gasteiger partial charge < -0.3 is 0 Å². The monoisotopic (exact) mass is 460 g/mol. The normalized spacial score (nSPS) is 10.2. The van der Waals surface area contributed by atoms with Crippen molar-refractivity contribution < 1.29 is 9.85 Å². The summed E-state index contributed by atoms with van der Waals surface area (Å²) in [5.74, 6) is 0. The largest absolute Gasteiger partial charge is 0.269 e. The summed E-state index contributed by atoms with van der Waals surface area (Å²) in [5.41, 5.74) is 5.82. The number of hydrogen-bond acceptors (Lipinski definition) is 8. The summed E-state index contributed by atoms with van der Waals surface area (Å²) < 4.78 is 0. The summed E-state index contributed by atoms with van der Waals surface area (Å²) in [7, 11) is 0. The Hall–Kier alpha value is -5.00. The van der Waals surface area contributed by atoms with Crippen LogP contribution in [0.1, 0.15) is 25.2 Å². The fourth-order valence-electron chi connectivity index (χ4n) is 2.94. The van der Waals surface area contributed by atoms with E-state index in [9.17, 15) is 20.2 Å². The van der Waals surface area contributed by atoms with Gasteiger partial charge in [-0.3, -0.25) is 20.2 Å². The molecule has 0 aliphatic carbocycles. The predicted octanol–water partition coefficient (Wildman–Crippen LogP) is 4.83. The van der Waals surface area contributed by atoms with E-state index < -0.39 is 9.85 Å². The topological polar surface area (TPSA) is 169 Å². The van der Waals surface area contributed by atoms with E-state index in [0.29, 0.717) is 22.8 Å². The quantitative estimate of drug-likeness (QED) is 0.304. The van der Waals surface area contributed by atoms with Crippen molar-refractivity contribution in [3.63, 3.8) is 0 Å². The van der Waals surface area contributed by atoms with Gasteiger partial charge in [-0.15, -0.1) is 0 Å². The molecule has 2 heterocycles. The number of nitrogens with zero attached hydrogens (tertiary/aromatic N) is 6. The van der Waals surface area contributed by atoms with Gasteiger partial charge in [0.1, 0.15) is 22.8 Å². The van der Waals surface area contributed by atoms with E-state index >= 15 is 0 Å². The van der Waals surface area contributed by atoms with Crippen molar-refractivity contribution in [3.05, 3.63) is 93.3 Å². The molecule has 0 spiro atoms. The SMILES string of the molecule is C=C(C)c1n[nH]nc1-c1ccc([N+](=O)[O-])cc1.C=C(C)c1n[nH]nc1-c1ccc([N+](=O)[O-])cc1. The molecule has 4 rings (SSSR count). The van der Waals surface area contributed by atoms with E-state index in [0.717, 1.165) is 22.3 Å². The van der Waals surface area contributed by atoms with Crippen molar-refractivity contribution in [2.45, 2.75) is 13.8 Å². The Kier molecular flexibility index (Phi) is 7.01. The van der Waals surface area contributed by atoms with E-state index in [1.165, 1.54) is 24.3 Å². The Morgan fingerprint density at radius 3 is 1.26 bits per heavy atom. The summed E-state index contributed by atoms with van der Waals surface area (Å²) >= 11 is 0. The molecule has 0 fully saturated rings. The lowest BCUT2D eigenvalue weighted by atomic mass is 10.1. The van der Waals surface area contributed by atoms with Crippen molar-refractivity contribution in [2.75, 3.05) is 0 Å². The van der Waals surface area contributed by atoms with E-state index in [2.05, 4.69) is 44.0 Å².